The third-order valence-electron chi connectivity index (χ3n) is 2.11. The molecule has 0 aliphatic rings. The monoisotopic (exact) mass is 240 g/mol. The second kappa shape index (κ2) is 5.95. The average molecular weight is 240 g/mol. The van der Waals surface area contributed by atoms with Gasteiger partial charge in [-0.3, -0.25) is 9.80 Å². The minimum atomic E-state index is -0.338. The average Bonchev–Trinajstić information content (AvgIpc) is 2.34. The summed E-state index contributed by atoms with van der Waals surface area (Å²) in [5.74, 6) is 6.36. The van der Waals surface area contributed by atoms with Crippen LogP contribution in [0.25, 0.3) is 0 Å². The van der Waals surface area contributed by atoms with E-state index in [1.807, 2.05) is 0 Å². The van der Waals surface area contributed by atoms with Crippen LogP contribution in [0, 0.1) is 0 Å². The van der Waals surface area contributed by atoms with Crippen LogP contribution in [0.5, 0.6) is 17.2 Å². The number of hydrogen-bond donors (Lipinski definition) is 1. The van der Waals surface area contributed by atoms with Gasteiger partial charge in [0.05, 0.1) is 14.2 Å². The maximum absolute atomic E-state index is 11.3. The highest BCUT2D eigenvalue weighted by molar-refractivity contribution is 5.76. The third kappa shape index (κ3) is 3.25. The minimum absolute atomic E-state index is 0.156. The fourth-order valence-corrected chi connectivity index (χ4v) is 1.21. The van der Waals surface area contributed by atoms with E-state index in [-0.39, 0.29) is 12.5 Å². The van der Waals surface area contributed by atoms with E-state index in [0.717, 1.165) is 5.01 Å². The lowest BCUT2D eigenvalue weighted by molar-refractivity contribution is -0.132. The molecule has 1 rings (SSSR count). The van der Waals surface area contributed by atoms with Crippen LogP contribution < -0.4 is 20.1 Å². The molecule has 6 heteroatoms. The third-order valence-corrected chi connectivity index (χ3v) is 2.11. The summed E-state index contributed by atoms with van der Waals surface area (Å²) in [6.45, 7) is -0.156. The van der Waals surface area contributed by atoms with Crippen molar-refractivity contribution < 1.29 is 19.0 Å². The van der Waals surface area contributed by atoms with E-state index in [4.69, 9.17) is 20.1 Å². The maximum atomic E-state index is 11.3. The van der Waals surface area contributed by atoms with E-state index in [1.54, 1.807) is 18.2 Å². The second-order valence-electron chi connectivity index (χ2n) is 3.28. The van der Waals surface area contributed by atoms with E-state index in [2.05, 4.69) is 0 Å². The summed E-state index contributed by atoms with van der Waals surface area (Å²) in [5.41, 5.74) is 0. The number of hydrogen-bond acceptors (Lipinski definition) is 5. The first kappa shape index (κ1) is 13.1. The Kier molecular flexibility index (Phi) is 4.59. The van der Waals surface area contributed by atoms with Crippen molar-refractivity contribution in [3.05, 3.63) is 18.2 Å². The topological polar surface area (TPSA) is 74.0 Å². The molecular formula is C11H16N2O4. The molecular weight excluding hydrogens is 224 g/mol. The zero-order valence-electron chi connectivity index (χ0n) is 10.1. The first-order chi connectivity index (χ1) is 8.10. The Morgan fingerprint density at radius 1 is 1.29 bits per heavy atom. The van der Waals surface area contributed by atoms with Gasteiger partial charge in [-0.25, -0.2) is 5.84 Å². The SMILES string of the molecule is COc1cccc(OCC(=O)N(C)N)c1OC. The summed E-state index contributed by atoms with van der Waals surface area (Å²) in [6.07, 6.45) is 0. The largest absolute Gasteiger partial charge is 0.493 e. The number of rotatable bonds is 5. The number of para-hydroxylation sites is 1. The standard InChI is InChI=1S/C11H16N2O4/c1-13(12)10(14)7-17-9-6-4-5-8(15-2)11(9)16-3/h4-6H,7,12H2,1-3H3. The summed E-state index contributed by atoms with van der Waals surface area (Å²) in [6, 6.07) is 5.17. The number of likely N-dealkylation sites (N-methyl/N-ethyl adjacent to an activating group) is 1. The van der Waals surface area contributed by atoms with Crippen LogP contribution in [0.4, 0.5) is 0 Å². The lowest BCUT2D eigenvalue weighted by Gasteiger charge is -2.14. The fraction of sp³-hybridized carbons (Fsp3) is 0.364. The molecule has 0 radical (unpaired) electrons. The Hall–Kier alpha value is -1.95. The number of ether oxygens (including phenoxy) is 3. The van der Waals surface area contributed by atoms with Crippen LogP contribution in [0.2, 0.25) is 0 Å². The van der Waals surface area contributed by atoms with Gasteiger partial charge in [-0.05, 0) is 12.1 Å². The molecule has 0 heterocycles. The molecule has 0 saturated heterocycles. The number of carbonyl (C=O) groups excluding carboxylic acids is 1. The lowest BCUT2D eigenvalue weighted by atomic mass is 10.3. The summed E-state index contributed by atoms with van der Waals surface area (Å²) in [4.78, 5) is 11.3. The number of hydrazine groups is 1. The number of amides is 1. The highest BCUT2D eigenvalue weighted by atomic mass is 16.5. The van der Waals surface area contributed by atoms with Crippen molar-refractivity contribution >= 4 is 5.91 Å². The lowest BCUT2D eigenvalue weighted by Crippen LogP contribution is -2.36. The van der Waals surface area contributed by atoms with Crippen LogP contribution in [0.3, 0.4) is 0 Å². The molecule has 0 saturated carbocycles. The molecule has 0 unspecified atom stereocenters. The van der Waals surface area contributed by atoms with Crippen molar-refractivity contribution in [2.24, 2.45) is 5.84 Å². The predicted octanol–water partition coefficient (Wildman–Crippen LogP) is 0.415. The summed E-state index contributed by atoms with van der Waals surface area (Å²) >= 11 is 0. The molecule has 0 atom stereocenters. The first-order valence-corrected chi connectivity index (χ1v) is 4.95. The van der Waals surface area contributed by atoms with E-state index in [0.29, 0.717) is 17.2 Å². The Bertz CT molecular complexity index is 393. The molecule has 0 bridgehead atoms. The molecule has 0 aliphatic carbocycles. The van der Waals surface area contributed by atoms with Gasteiger partial charge in [0.1, 0.15) is 0 Å². The Labute approximate surface area is 99.8 Å². The van der Waals surface area contributed by atoms with Crippen LogP contribution >= 0.6 is 0 Å². The van der Waals surface area contributed by atoms with Gasteiger partial charge in [-0.15, -0.1) is 0 Å². The first-order valence-electron chi connectivity index (χ1n) is 4.95. The van der Waals surface area contributed by atoms with Gasteiger partial charge < -0.3 is 14.2 Å². The quantitative estimate of drug-likeness (QED) is 0.458. The van der Waals surface area contributed by atoms with Gasteiger partial charge in [0, 0.05) is 7.05 Å². The van der Waals surface area contributed by atoms with E-state index >= 15 is 0 Å². The predicted molar refractivity (Wildman–Crippen MR) is 62.0 cm³/mol. The highest BCUT2D eigenvalue weighted by Crippen LogP contribution is 2.36. The molecule has 2 N–H and O–H groups in total. The Balaban J connectivity index is 2.80. The molecule has 1 amide bonds. The van der Waals surface area contributed by atoms with Crippen LogP contribution in [-0.4, -0.2) is 38.8 Å². The molecule has 17 heavy (non-hydrogen) atoms. The number of methoxy groups -OCH3 is 2. The molecule has 0 fully saturated rings. The van der Waals surface area contributed by atoms with Crippen LogP contribution in [0.15, 0.2) is 18.2 Å². The molecule has 1 aromatic rings. The number of benzene rings is 1. The zero-order valence-corrected chi connectivity index (χ0v) is 10.1. The van der Waals surface area contributed by atoms with E-state index < -0.39 is 0 Å². The van der Waals surface area contributed by atoms with Crippen LogP contribution in [-0.2, 0) is 4.79 Å². The van der Waals surface area contributed by atoms with Crippen molar-refractivity contribution in [1.82, 2.24) is 5.01 Å². The maximum Gasteiger partial charge on any atom is 0.274 e. The van der Waals surface area contributed by atoms with E-state index in [9.17, 15) is 4.79 Å². The van der Waals surface area contributed by atoms with Crippen molar-refractivity contribution in [3.63, 3.8) is 0 Å². The van der Waals surface area contributed by atoms with Gasteiger partial charge in [0.25, 0.3) is 5.91 Å². The molecule has 0 aromatic heterocycles. The normalized spacial score (nSPS) is 9.65. The Morgan fingerprint density at radius 3 is 2.47 bits per heavy atom. The fourth-order valence-electron chi connectivity index (χ4n) is 1.21. The molecule has 1 aromatic carbocycles. The smallest absolute Gasteiger partial charge is 0.274 e. The number of nitrogens with zero attached hydrogens (tertiary/aromatic N) is 1. The summed E-state index contributed by atoms with van der Waals surface area (Å²) < 4.78 is 15.6. The zero-order chi connectivity index (χ0) is 12.8. The van der Waals surface area contributed by atoms with Crippen molar-refractivity contribution in [1.29, 1.82) is 0 Å². The minimum Gasteiger partial charge on any atom is -0.493 e. The van der Waals surface area contributed by atoms with Gasteiger partial charge >= 0.3 is 0 Å². The summed E-state index contributed by atoms with van der Waals surface area (Å²) in [5, 5.41) is 0.965. The van der Waals surface area contributed by atoms with Gasteiger partial charge in [-0.2, -0.15) is 0 Å². The number of nitrogens with two attached hydrogens (primary N) is 1. The van der Waals surface area contributed by atoms with Crippen molar-refractivity contribution in [2.75, 3.05) is 27.9 Å². The second-order valence-corrected chi connectivity index (χ2v) is 3.28. The summed E-state index contributed by atoms with van der Waals surface area (Å²) in [7, 11) is 4.48. The molecule has 94 valence electrons. The van der Waals surface area contributed by atoms with E-state index in [1.165, 1.54) is 21.3 Å². The van der Waals surface area contributed by atoms with Gasteiger partial charge in [0.2, 0.25) is 5.75 Å². The van der Waals surface area contributed by atoms with Crippen molar-refractivity contribution in [3.8, 4) is 17.2 Å². The van der Waals surface area contributed by atoms with Gasteiger partial charge in [-0.1, -0.05) is 6.07 Å². The van der Waals surface area contributed by atoms with Crippen LogP contribution in [0.1, 0.15) is 0 Å². The molecule has 6 nitrogen and oxygen atoms in total. The highest BCUT2D eigenvalue weighted by Gasteiger charge is 2.12. The van der Waals surface area contributed by atoms with Gasteiger partial charge in [0.15, 0.2) is 18.1 Å². The number of carbonyl (C=O) groups is 1. The Morgan fingerprint density at radius 2 is 1.94 bits per heavy atom. The van der Waals surface area contributed by atoms with Crippen molar-refractivity contribution in [2.45, 2.75) is 0 Å². The molecule has 0 spiro atoms. The molecule has 0 aliphatic heterocycles.